The summed E-state index contributed by atoms with van der Waals surface area (Å²) in [7, 11) is 0. The van der Waals surface area contributed by atoms with Crippen molar-refractivity contribution < 1.29 is 17.9 Å². The molecule has 0 heterocycles. The normalized spacial score (nSPS) is 10.3. The van der Waals surface area contributed by atoms with E-state index in [1.807, 2.05) is 11.3 Å². The Morgan fingerprint density at radius 2 is 1.87 bits per heavy atom. The van der Waals surface area contributed by atoms with E-state index in [2.05, 4.69) is 5.92 Å². The SMILES string of the molecule is FC(F)(F)SC#CCOc1ccccc1. The monoisotopic (exact) mass is 232 g/mol. The van der Waals surface area contributed by atoms with Crippen LogP contribution in [0.4, 0.5) is 13.2 Å². The summed E-state index contributed by atoms with van der Waals surface area (Å²) >= 11 is -0.372. The van der Waals surface area contributed by atoms with Crippen LogP contribution in [-0.2, 0) is 0 Å². The highest BCUT2D eigenvalue weighted by atomic mass is 32.2. The second-order valence-corrected chi connectivity index (χ2v) is 3.30. The van der Waals surface area contributed by atoms with Gasteiger partial charge in [0.1, 0.15) is 12.4 Å². The summed E-state index contributed by atoms with van der Waals surface area (Å²) in [6.07, 6.45) is 0. The Balaban J connectivity index is 2.28. The minimum Gasteiger partial charge on any atom is -0.481 e. The van der Waals surface area contributed by atoms with Gasteiger partial charge in [-0.1, -0.05) is 18.2 Å². The Kier molecular flexibility index (Phi) is 4.37. The zero-order chi connectivity index (χ0) is 11.1. The van der Waals surface area contributed by atoms with Crippen molar-refractivity contribution in [1.82, 2.24) is 0 Å². The quantitative estimate of drug-likeness (QED) is 0.724. The Labute approximate surface area is 89.6 Å². The maximum Gasteiger partial charge on any atom is 0.453 e. The highest BCUT2D eigenvalue weighted by Gasteiger charge is 2.27. The van der Waals surface area contributed by atoms with Crippen LogP contribution in [0.1, 0.15) is 0 Å². The predicted octanol–water partition coefficient (Wildman–Crippen LogP) is 3.28. The van der Waals surface area contributed by atoms with Crippen LogP contribution >= 0.6 is 11.8 Å². The average Bonchev–Trinajstić information content (AvgIpc) is 2.17. The number of hydrogen-bond acceptors (Lipinski definition) is 2. The van der Waals surface area contributed by atoms with Gasteiger partial charge in [0.25, 0.3) is 0 Å². The fraction of sp³-hybridized carbons (Fsp3) is 0.200. The van der Waals surface area contributed by atoms with E-state index in [4.69, 9.17) is 4.74 Å². The van der Waals surface area contributed by atoms with Crippen molar-refractivity contribution in [3.63, 3.8) is 0 Å². The lowest BCUT2D eigenvalue weighted by molar-refractivity contribution is -0.0318. The van der Waals surface area contributed by atoms with Crippen molar-refractivity contribution in [2.24, 2.45) is 0 Å². The molecule has 1 aromatic rings. The lowest BCUT2D eigenvalue weighted by atomic mass is 10.3. The molecule has 0 aliphatic carbocycles. The zero-order valence-corrected chi connectivity index (χ0v) is 8.36. The lowest BCUT2D eigenvalue weighted by Gasteiger charge is -2.00. The topological polar surface area (TPSA) is 9.23 Å². The summed E-state index contributed by atoms with van der Waals surface area (Å²) in [6.45, 7) is -0.0485. The van der Waals surface area contributed by atoms with Gasteiger partial charge in [-0.3, -0.25) is 0 Å². The molecule has 0 bridgehead atoms. The third-order valence-electron chi connectivity index (χ3n) is 1.29. The second-order valence-electron chi connectivity index (χ2n) is 2.43. The summed E-state index contributed by atoms with van der Waals surface area (Å²) in [5, 5.41) is 1.91. The minimum atomic E-state index is -4.31. The number of alkyl halides is 3. The first-order chi connectivity index (χ1) is 7.08. The largest absolute Gasteiger partial charge is 0.481 e. The molecule has 0 radical (unpaired) electrons. The maximum atomic E-state index is 11.6. The van der Waals surface area contributed by atoms with Crippen LogP contribution in [0, 0.1) is 11.2 Å². The molecule has 0 unspecified atom stereocenters. The first kappa shape index (κ1) is 11.8. The fourth-order valence-electron chi connectivity index (χ4n) is 0.760. The van der Waals surface area contributed by atoms with Gasteiger partial charge in [0, 0.05) is 11.8 Å². The van der Waals surface area contributed by atoms with Gasteiger partial charge in [-0.05, 0) is 23.3 Å². The Bertz CT molecular complexity index is 350. The second kappa shape index (κ2) is 5.56. The highest BCUT2D eigenvalue weighted by Crippen LogP contribution is 2.28. The number of para-hydroxylation sites is 1. The molecule has 1 rings (SSSR count). The van der Waals surface area contributed by atoms with Crippen LogP contribution in [0.25, 0.3) is 0 Å². The summed E-state index contributed by atoms with van der Waals surface area (Å²) in [5.41, 5.74) is -4.31. The smallest absolute Gasteiger partial charge is 0.453 e. The molecule has 0 saturated heterocycles. The van der Waals surface area contributed by atoms with Crippen LogP contribution in [0.2, 0.25) is 0 Å². The van der Waals surface area contributed by atoms with Crippen LogP contribution in [0.5, 0.6) is 5.75 Å². The van der Waals surface area contributed by atoms with E-state index in [1.165, 1.54) is 0 Å². The molecule has 5 heteroatoms. The van der Waals surface area contributed by atoms with Gasteiger partial charge in [0.2, 0.25) is 0 Å². The molecule has 0 saturated carbocycles. The van der Waals surface area contributed by atoms with E-state index in [0.717, 1.165) is 0 Å². The molecule has 1 aromatic carbocycles. The van der Waals surface area contributed by atoms with E-state index in [-0.39, 0.29) is 18.4 Å². The van der Waals surface area contributed by atoms with Crippen LogP contribution < -0.4 is 4.74 Å². The summed E-state index contributed by atoms with van der Waals surface area (Å²) in [4.78, 5) is 0. The number of benzene rings is 1. The molecule has 0 fully saturated rings. The molecule has 80 valence electrons. The molecule has 15 heavy (non-hydrogen) atoms. The van der Waals surface area contributed by atoms with Gasteiger partial charge in [-0.15, -0.1) is 0 Å². The Morgan fingerprint density at radius 1 is 1.20 bits per heavy atom. The minimum absolute atomic E-state index is 0.0485. The van der Waals surface area contributed by atoms with Crippen LogP contribution in [0.3, 0.4) is 0 Å². The van der Waals surface area contributed by atoms with Gasteiger partial charge in [0.15, 0.2) is 0 Å². The number of ether oxygens (including phenoxy) is 1. The molecule has 0 amide bonds. The predicted molar refractivity (Wildman–Crippen MR) is 53.4 cm³/mol. The van der Waals surface area contributed by atoms with Crippen molar-refractivity contribution in [3.05, 3.63) is 30.3 Å². The Hall–Kier alpha value is -1.28. The Morgan fingerprint density at radius 3 is 2.47 bits per heavy atom. The van der Waals surface area contributed by atoms with Crippen LogP contribution in [-0.4, -0.2) is 12.1 Å². The average molecular weight is 232 g/mol. The molecule has 0 aliphatic rings. The molecular formula is C10H7F3OS. The summed E-state index contributed by atoms with van der Waals surface area (Å²) < 4.78 is 39.9. The fourth-order valence-corrected chi connectivity index (χ4v) is 1.01. The summed E-state index contributed by atoms with van der Waals surface area (Å²) in [5.74, 6) is 2.85. The number of rotatable bonds is 2. The van der Waals surface area contributed by atoms with Gasteiger partial charge >= 0.3 is 5.51 Å². The van der Waals surface area contributed by atoms with Crippen molar-refractivity contribution in [2.45, 2.75) is 5.51 Å². The van der Waals surface area contributed by atoms with Crippen molar-refractivity contribution in [3.8, 4) is 16.9 Å². The maximum absolute atomic E-state index is 11.6. The van der Waals surface area contributed by atoms with E-state index >= 15 is 0 Å². The van der Waals surface area contributed by atoms with Gasteiger partial charge in [-0.25, -0.2) is 0 Å². The number of halogens is 3. The molecule has 0 aromatic heterocycles. The zero-order valence-electron chi connectivity index (χ0n) is 7.54. The molecule has 0 spiro atoms. The van der Waals surface area contributed by atoms with E-state index in [1.54, 1.807) is 24.3 Å². The summed E-state index contributed by atoms with van der Waals surface area (Å²) in [6, 6.07) is 8.77. The van der Waals surface area contributed by atoms with Crippen LogP contribution in [0.15, 0.2) is 30.3 Å². The number of thioether (sulfide) groups is 1. The van der Waals surface area contributed by atoms with Crippen molar-refractivity contribution >= 4 is 11.8 Å². The molecular weight excluding hydrogens is 225 g/mol. The number of hydrogen-bond donors (Lipinski definition) is 0. The first-order valence-electron chi connectivity index (χ1n) is 3.98. The van der Waals surface area contributed by atoms with Gasteiger partial charge in [0.05, 0.1) is 0 Å². The third-order valence-corrected chi connectivity index (χ3v) is 1.77. The first-order valence-corrected chi connectivity index (χ1v) is 4.80. The van der Waals surface area contributed by atoms with E-state index < -0.39 is 5.51 Å². The molecule has 0 aliphatic heterocycles. The van der Waals surface area contributed by atoms with E-state index in [0.29, 0.717) is 5.75 Å². The molecule has 1 nitrogen and oxygen atoms in total. The third kappa shape index (κ3) is 5.92. The lowest BCUT2D eigenvalue weighted by Crippen LogP contribution is -1.97. The molecule has 0 N–H and O–H groups in total. The van der Waals surface area contributed by atoms with E-state index in [9.17, 15) is 13.2 Å². The van der Waals surface area contributed by atoms with Gasteiger partial charge < -0.3 is 4.74 Å². The molecule has 0 atom stereocenters. The van der Waals surface area contributed by atoms with Crippen molar-refractivity contribution in [2.75, 3.05) is 6.61 Å². The van der Waals surface area contributed by atoms with Crippen molar-refractivity contribution in [1.29, 1.82) is 0 Å². The highest BCUT2D eigenvalue weighted by molar-refractivity contribution is 8.04. The van der Waals surface area contributed by atoms with Gasteiger partial charge in [-0.2, -0.15) is 13.2 Å². The standard InChI is InChI=1S/C10H7F3OS/c11-10(12,13)15-8-4-7-14-9-5-2-1-3-6-9/h1-3,5-6H,7H2.